The van der Waals surface area contributed by atoms with Crippen LogP contribution in [0.25, 0.3) is 0 Å². The van der Waals surface area contributed by atoms with Gasteiger partial charge in [-0.1, -0.05) is 54.9 Å². The van der Waals surface area contributed by atoms with Crippen LogP contribution in [-0.4, -0.2) is 0 Å². The summed E-state index contributed by atoms with van der Waals surface area (Å²) in [5, 5.41) is 0. The van der Waals surface area contributed by atoms with Crippen molar-refractivity contribution in [3.63, 3.8) is 0 Å². The van der Waals surface area contributed by atoms with Gasteiger partial charge in [-0.2, -0.15) is 0 Å². The van der Waals surface area contributed by atoms with Gasteiger partial charge in [-0.25, -0.2) is 0 Å². The van der Waals surface area contributed by atoms with Crippen molar-refractivity contribution in [2.45, 2.75) is 54.9 Å². The molecule has 0 amide bonds. The fourth-order valence-corrected chi connectivity index (χ4v) is 0. The smallest absolute Gasteiger partial charge is 0.0474 e. The van der Waals surface area contributed by atoms with Crippen LogP contribution in [0.15, 0.2) is 13.2 Å². The van der Waals surface area contributed by atoms with Crippen LogP contribution in [0.1, 0.15) is 54.9 Å². The predicted octanol–water partition coefficient (Wildman–Crippen LogP) is 4.91. The highest BCUT2D eigenvalue weighted by atomic mass is 13.9. The molecule has 0 aliphatic carbocycles. The third kappa shape index (κ3) is 193. The Morgan fingerprint density at radius 2 is 1.00 bits per heavy atom. The summed E-state index contributed by atoms with van der Waals surface area (Å²) in [5.74, 6) is 0.884. The van der Waals surface area contributed by atoms with E-state index >= 15 is 0 Å². The second kappa shape index (κ2) is 53.2. The van der Waals surface area contributed by atoms with E-state index < -0.39 is 0 Å². The Morgan fingerprint density at radius 1 is 0.909 bits per heavy atom. The predicted molar refractivity (Wildman–Crippen MR) is 59.1 cm³/mol. The molecule has 0 saturated carbocycles. The molecule has 0 nitrogen and oxygen atoms in total. The lowest BCUT2D eigenvalue weighted by atomic mass is 10.2. The molecule has 0 aliphatic rings. The fourth-order valence-electron chi connectivity index (χ4n) is 0. The maximum atomic E-state index is 3.00. The van der Waals surface area contributed by atoms with Crippen molar-refractivity contribution in [2.24, 2.45) is 5.92 Å². The van der Waals surface area contributed by atoms with Gasteiger partial charge in [-0.15, -0.1) is 13.2 Å². The first-order valence-corrected chi connectivity index (χ1v) is 4.77. The van der Waals surface area contributed by atoms with Crippen molar-refractivity contribution in [3.05, 3.63) is 13.2 Å². The second-order valence-corrected chi connectivity index (χ2v) is 1.80. The molecular weight excluding hydrogens is 132 g/mol. The van der Waals surface area contributed by atoms with Gasteiger partial charge in [0.15, 0.2) is 0 Å². The average Bonchev–Trinajstić information content (AvgIpc) is 2.15. The summed E-state index contributed by atoms with van der Waals surface area (Å²) in [7, 11) is 0. The Balaban J connectivity index is -0.0000000350. The maximum Gasteiger partial charge on any atom is -0.0474 e. The fraction of sp³-hybridized carbons (Fsp3) is 0.818. The summed E-state index contributed by atoms with van der Waals surface area (Å²) in [4.78, 5) is 0. The number of hydrogen-bond donors (Lipinski definition) is 0. The summed E-state index contributed by atoms with van der Waals surface area (Å²) in [6.07, 6.45) is 1.31. The normalized spacial score (nSPS) is 5.82. The average molecular weight is 160 g/mol. The summed E-state index contributed by atoms with van der Waals surface area (Å²) in [6, 6.07) is 0. The van der Waals surface area contributed by atoms with E-state index in [1.165, 1.54) is 6.42 Å². The molecule has 11 heavy (non-hydrogen) atoms. The number of rotatable bonds is 1. The molecule has 0 aliphatic heterocycles. The molecule has 0 bridgehead atoms. The van der Waals surface area contributed by atoms with Crippen LogP contribution in [-0.2, 0) is 0 Å². The zero-order valence-corrected chi connectivity index (χ0v) is 9.70. The van der Waals surface area contributed by atoms with Gasteiger partial charge in [0.25, 0.3) is 0 Å². The quantitative estimate of drug-likeness (QED) is 0.478. The summed E-state index contributed by atoms with van der Waals surface area (Å²) in [6.45, 7) is 20.6. The lowest BCUT2D eigenvalue weighted by Crippen LogP contribution is -1.77. The molecule has 0 N–H and O–H groups in total. The molecule has 0 heterocycles. The van der Waals surface area contributed by atoms with E-state index in [0.29, 0.717) is 0 Å². The molecule has 0 spiro atoms. The van der Waals surface area contributed by atoms with Gasteiger partial charge in [-0.3, -0.25) is 0 Å². The summed E-state index contributed by atoms with van der Waals surface area (Å²) < 4.78 is 0. The molecule has 0 saturated heterocycles. The zero-order valence-electron chi connectivity index (χ0n) is 9.70. The van der Waals surface area contributed by atoms with Gasteiger partial charge in [0, 0.05) is 0 Å². The highest BCUT2D eigenvalue weighted by molar-refractivity contribution is 4.32. The lowest BCUT2D eigenvalue weighted by Gasteiger charge is -1.90. The van der Waals surface area contributed by atoms with E-state index in [0.717, 1.165) is 5.92 Å². The molecule has 0 atom stereocenters. The second-order valence-electron chi connectivity index (χ2n) is 1.80. The van der Waals surface area contributed by atoms with Gasteiger partial charge in [-0.05, 0) is 5.92 Å². The van der Waals surface area contributed by atoms with Crippen LogP contribution in [0, 0.1) is 5.92 Å². The van der Waals surface area contributed by atoms with Crippen LogP contribution < -0.4 is 0 Å². The topological polar surface area (TPSA) is 0 Å². The van der Waals surface area contributed by atoms with Crippen LogP contribution in [0.4, 0.5) is 0 Å². The van der Waals surface area contributed by atoms with Crippen molar-refractivity contribution < 1.29 is 0 Å². The molecule has 0 radical (unpaired) electrons. The first-order chi connectivity index (χ1) is 5.27. The SMILES string of the molecule is C=C.CC.CC.CCC(C)C. The van der Waals surface area contributed by atoms with Crippen molar-refractivity contribution in [3.8, 4) is 0 Å². The third-order valence-corrected chi connectivity index (χ3v) is 0.816. The highest BCUT2D eigenvalue weighted by Crippen LogP contribution is 1.93. The van der Waals surface area contributed by atoms with Crippen molar-refractivity contribution in [1.29, 1.82) is 0 Å². The van der Waals surface area contributed by atoms with E-state index in [1.54, 1.807) is 0 Å². The van der Waals surface area contributed by atoms with Crippen molar-refractivity contribution in [2.75, 3.05) is 0 Å². The molecule has 0 heteroatoms. The standard InChI is InChI=1S/C5H12.2C2H6.C2H4/c1-4-5(2)3;3*1-2/h5H,4H2,1-3H3;2*1-2H3;1-2H2. The first kappa shape index (κ1) is 22.4. The Morgan fingerprint density at radius 3 is 1.00 bits per heavy atom. The molecule has 72 valence electrons. The van der Waals surface area contributed by atoms with E-state index in [2.05, 4.69) is 33.9 Å². The van der Waals surface area contributed by atoms with E-state index in [-0.39, 0.29) is 0 Å². The van der Waals surface area contributed by atoms with Crippen molar-refractivity contribution in [1.82, 2.24) is 0 Å². The number of hydrogen-bond acceptors (Lipinski definition) is 0. The van der Waals surface area contributed by atoms with Crippen LogP contribution in [0.5, 0.6) is 0 Å². The Kier molecular flexibility index (Phi) is 108. The first-order valence-electron chi connectivity index (χ1n) is 4.77. The van der Waals surface area contributed by atoms with Crippen LogP contribution in [0.2, 0.25) is 0 Å². The molecule has 0 fully saturated rings. The Labute approximate surface area is 74.7 Å². The summed E-state index contributed by atoms with van der Waals surface area (Å²) >= 11 is 0. The minimum absolute atomic E-state index is 0.884. The van der Waals surface area contributed by atoms with Crippen LogP contribution in [0.3, 0.4) is 0 Å². The van der Waals surface area contributed by atoms with Gasteiger partial charge in [0.05, 0.1) is 0 Å². The van der Waals surface area contributed by atoms with Gasteiger partial charge in [0.1, 0.15) is 0 Å². The maximum absolute atomic E-state index is 3.00. The monoisotopic (exact) mass is 160 g/mol. The largest absolute Gasteiger partial charge is 0.106 e. The van der Waals surface area contributed by atoms with E-state index in [1.807, 2.05) is 27.7 Å². The minimum atomic E-state index is 0.884. The molecule has 0 aromatic carbocycles. The van der Waals surface area contributed by atoms with Gasteiger partial charge < -0.3 is 0 Å². The van der Waals surface area contributed by atoms with Gasteiger partial charge >= 0.3 is 0 Å². The third-order valence-electron chi connectivity index (χ3n) is 0.816. The molecule has 0 aromatic rings. The lowest BCUT2D eigenvalue weighted by molar-refractivity contribution is 0.626. The minimum Gasteiger partial charge on any atom is -0.106 e. The zero-order chi connectivity index (χ0) is 10.3. The Bertz CT molecular complexity index is 21.2. The van der Waals surface area contributed by atoms with E-state index in [9.17, 15) is 0 Å². The van der Waals surface area contributed by atoms with Crippen LogP contribution >= 0.6 is 0 Å². The van der Waals surface area contributed by atoms with Crippen molar-refractivity contribution >= 4 is 0 Å². The van der Waals surface area contributed by atoms with E-state index in [4.69, 9.17) is 0 Å². The Hall–Kier alpha value is -0.260. The molecular formula is C11H28. The highest BCUT2D eigenvalue weighted by Gasteiger charge is 1.80. The summed E-state index contributed by atoms with van der Waals surface area (Å²) in [5.41, 5.74) is 0. The molecule has 0 rings (SSSR count). The molecule has 0 unspecified atom stereocenters. The molecule has 0 aromatic heterocycles. The van der Waals surface area contributed by atoms with Gasteiger partial charge in [0.2, 0.25) is 0 Å².